The molecule has 0 aliphatic carbocycles. The van der Waals surface area contributed by atoms with Gasteiger partial charge in [-0.15, -0.1) is 0 Å². The topological polar surface area (TPSA) is 54.9 Å². The summed E-state index contributed by atoms with van der Waals surface area (Å²) >= 11 is 7.94. The highest BCUT2D eigenvalue weighted by Crippen LogP contribution is 2.35. The van der Waals surface area contributed by atoms with Crippen LogP contribution in [0.3, 0.4) is 0 Å². The third-order valence-electron chi connectivity index (χ3n) is 4.99. The Morgan fingerprint density at radius 2 is 1.93 bits per heavy atom. The van der Waals surface area contributed by atoms with E-state index in [4.69, 9.17) is 26.1 Å². The van der Waals surface area contributed by atoms with Crippen LogP contribution < -0.4 is 14.4 Å². The average molecular weight is 432 g/mol. The van der Waals surface area contributed by atoms with E-state index in [9.17, 15) is 4.79 Å². The fourth-order valence-electron chi connectivity index (χ4n) is 3.30. The summed E-state index contributed by atoms with van der Waals surface area (Å²) in [6, 6.07) is 11.2. The summed E-state index contributed by atoms with van der Waals surface area (Å²) in [4.78, 5) is 21.3. The summed E-state index contributed by atoms with van der Waals surface area (Å²) in [6.07, 6.45) is 0. The van der Waals surface area contributed by atoms with Crippen LogP contribution in [0.15, 0.2) is 36.4 Å². The molecule has 0 saturated carbocycles. The number of benzene rings is 2. The van der Waals surface area contributed by atoms with E-state index < -0.39 is 0 Å². The second kappa shape index (κ2) is 8.47. The number of anilines is 1. The Morgan fingerprint density at radius 1 is 1.17 bits per heavy atom. The third-order valence-corrected chi connectivity index (χ3v) is 6.57. The molecule has 0 bridgehead atoms. The molecule has 1 aromatic heterocycles. The highest BCUT2D eigenvalue weighted by atomic mass is 35.5. The maximum absolute atomic E-state index is 12.5. The third kappa shape index (κ3) is 4.26. The molecule has 0 radical (unpaired) electrons. The van der Waals surface area contributed by atoms with E-state index in [1.807, 2.05) is 42.2 Å². The van der Waals surface area contributed by atoms with Crippen molar-refractivity contribution in [3.05, 3.63) is 47.0 Å². The number of hydrogen-bond acceptors (Lipinski definition) is 6. The molecular weight excluding hydrogens is 410 g/mol. The first-order valence-corrected chi connectivity index (χ1v) is 10.6. The van der Waals surface area contributed by atoms with E-state index in [0.717, 1.165) is 39.0 Å². The van der Waals surface area contributed by atoms with Gasteiger partial charge in [0.1, 0.15) is 11.5 Å². The molecule has 8 heteroatoms. The lowest BCUT2D eigenvalue weighted by atomic mass is 10.2. The number of rotatable bonds is 5. The Labute approximate surface area is 178 Å². The van der Waals surface area contributed by atoms with Gasteiger partial charge in [0.05, 0.1) is 22.3 Å². The predicted octanol–water partition coefficient (Wildman–Crippen LogP) is 3.99. The monoisotopic (exact) mass is 431 g/mol. The van der Waals surface area contributed by atoms with E-state index in [1.165, 1.54) is 0 Å². The Balaban J connectivity index is 1.35. The number of piperazine rings is 1. The van der Waals surface area contributed by atoms with E-state index in [2.05, 4.69) is 4.90 Å². The fraction of sp³-hybridized carbons (Fsp3) is 0.333. The van der Waals surface area contributed by atoms with Gasteiger partial charge in [0.2, 0.25) is 0 Å². The van der Waals surface area contributed by atoms with Crippen molar-refractivity contribution in [2.24, 2.45) is 0 Å². The zero-order valence-electron chi connectivity index (χ0n) is 16.4. The number of nitrogens with zero attached hydrogens (tertiary/aromatic N) is 3. The van der Waals surface area contributed by atoms with E-state index in [-0.39, 0.29) is 12.5 Å². The SMILES string of the molecule is COc1cccc(OCC(=O)N2CCN(c3nc4c(C)ccc(Cl)c4s3)CC2)c1. The van der Waals surface area contributed by atoms with Gasteiger partial charge < -0.3 is 19.3 Å². The highest BCUT2D eigenvalue weighted by Gasteiger charge is 2.24. The van der Waals surface area contributed by atoms with Crippen LogP contribution in [-0.4, -0.2) is 55.7 Å². The number of ether oxygens (including phenoxy) is 2. The minimum atomic E-state index is -0.0179. The first kappa shape index (κ1) is 19.8. The van der Waals surface area contributed by atoms with Crippen LogP contribution in [0, 0.1) is 6.92 Å². The molecular formula is C21H22ClN3O3S. The second-order valence-corrected chi connectivity index (χ2v) is 8.26. The summed E-state index contributed by atoms with van der Waals surface area (Å²) in [6.45, 7) is 4.82. The van der Waals surface area contributed by atoms with Gasteiger partial charge in [-0.3, -0.25) is 4.79 Å². The summed E-state index contributed by atoms with van der Waals surface area (Å²) in [5, 5.41) is 1.69. The number of halogens is 1. The Morgan fingerprint density at radius 3 is 2.66 bits per heavy atom. The summed E-state index contributed by atoms with van der Waals surface area (Å²) in [7, 11) is 1.60. The van der Waals surface area contributed by atoms with Crippen molar-refractivity contribution >= 4 is 44.2 Å². The number of carbonyl (C=O) groups excluding carboxylic acids is 1. The van der Waals surface area contributed by atoms with Gasteiger partial charge >= 0.3 is 0 Å². The molecule has 1 amide bonds. The standard InChI is InChI=1S/C21H22ClN3O3S/c1-14-6-7-17(22)20-19(14)23-21(29-20)25-10-8-24(9-11-25)18(26)13-28-16-5-3-4-15(12-16)27-2/h3-7,12H,8-11,13H2,1-2H3. The molecule has 1 saturated heterocycles. The van der Waals surface area contributed by atoms with Crippen molar-refractivity contribution < 1.29 is 14.3 Å². The molecule has 0 spiro atoms. The van der Waals surface area contributed by atoms with Crippen molar-refractivity contribution in [3.63, 3.8) is 0 Å². The Bertz CT molecular complexity index is 992. The number of thiazole rings is 1. The molecule has 1 aliphatic heterocycles. The lowest BCUT2D eigenvalue weighted by Crippen LogP contribution is -2.50. The number of hydrogen-bond donors (Lipinski definition) is 0. The minimum Gasteiger partial charge on any atom is -0.497 e. The van der Waals surface area contributed by atoms with Crippen LogP contribution >= 0.6 is 22.9 Å². The number of fused-ring (bicyclic) bond motifs is 1. The maximum Gasteiger partial charge on any atom is 0.260 e. The van der Waals surface area contributed by atoms with Crippen molar-refractivity contribution in [2.45, 2.75) is 6.92 Å². The molecule has 2 heterocycles. The zero-order chi connectivity index (χ0) is 20.4. The van der Waals surface area contributed by atoms with Crippen molar-refractivity contribution in [1.29, 1.82) is 0 Å². The van der Waals surface area contributed by atoms with Crippen LogP contribution in [0.4, 0.5) is 5.13 Å². The Hall–Kier alpha value is -2.51. The van der Waals surface area contributed by atoms with Gasteiger partial charge in [-0.2, -0.15) is 0 Å². The van der Waals surface area contributed by atoms with E-state index in [0.29, 0.717) is 24.6 Å². The summed E-state index contributed by atoms with van der Waals surface area (Å²) < 4.78 is 11.8. The van der Waals surface area contributed by atoms with E-state index in [1.54, 1.807) is 24.5 Å². The molecule has 2 aromatic carbocycles. The fourth-order valence-corrected chi connectivity index (χ4v) is 4.67. The average Bonchev–Trinajstić information content (AvgIpc) is 3.22. The molecule has 0 unspecified atom stereocenters. The van der Waals surface area contributed by atoms with Crippen molar-refractivity contribution in [2.75, 3.05) is 44.8 Å². The lowest BCUT2D eigenvalue weighted by Gasteiger charge is -2.34. The lowest BCUT2D eigenvalue weighted by molar-refractivity contribution is -0.133. The smallest absolute Gasteiger partial charge is 0.260 e. The van der Waals surface area contributed by atoms with Gasteiger partial charge in [-0.1, -0.05) is 35.1 Å². The van der Waals surface area contributed by atoms with Gasteiger partial charge in [-0.25, -0.2) is 4.98 Å². The number of aryl methyl sites for hydroxylation is 1. The van der Waals surface area contributed by atoms with Crippen molar-refractivity contribution in [3.8, 4) is 11.5 Å². The van der Waals surface area contributed by atoms with Crippen molar-refractivity contribution in [1.82, 2.24) is 9.88 Å². The van der Waals surface area contributed by atoms with Crippen LogP contribution in [0.5, 0.6) is 11.5 Å². The van der Waals surface area contributed by atoms with Gasteiger partial charge in [0, 0.05) is 32.2 Å². The number of aromatic nitrogens is 1. The number of carbonyl (C=O) groups is 1. The molecule has 6 nitrogen and oxygen atoms in total. The largest absolute Gasteiger partial charge is 0.497 e. The molecule has 1 fully saturated rings. The number of methoxy groups -OCH3 is 1. The van der Waals surface area contributed by atoms with E-state index >= 15 is 0 Å². The van der Waals surface area contributed by atoms with Gasteiger partial charge in [0.25, 0.3) is 5.91 Å². The zero-order valence-corrected chi connectivity index (χ0v) is 17.9. The van der Waals surface area contributed by atoms with Crippen LogP contribution in [0.2, 0.25) is 5.02 Å². The molecule has 3 aromatic rings. The van der Waals surface area contributed by atoms with Crippen LogP contribution in [0.1, 0.15) is 5.56 Å². The molecule has 4 rings (SSSR count). The molecule has 1 aliphatic rings. The predicted molar refractivity (Wildman–Crippen MR) is 117 cm³/mol. The van der Waals surface area contributed by atoms with Crippen LogP contribution in [0.25, 0.3) is 10.2 Å². The second-order valence-electron chi connectivity index (χ2n) is 6.87. The summed E-state index contributed by atoms with van der Waals surface area (Å²) in [5.41, 5.74) is 2.08. The first-order valence-electron chi connectivity index (χ1n) is 9.40. The summed E-state index contributed by atoms with van der Waals surface area (Å²) in [5.74, 6) is 1.31. The molecule has 152 valence electrons. The first-order chi connectivity index (χ1) is 14.0. The van der Waals surface area contributed by atoms with Crippen LogP contribution in [-0.2, 0) is 4.79 Å². The molecule has 0 atom stereocenters. The highest BCUT2D eigenvalue weighted by molar-refractivity contribution is 7.22. The maximum atomic E-state index is 12.5. The normalized spacial score (nSPS) is 14.3. The van der Waals surface area contributed by atoms with Gasteiger partial charge in [0.15, 0.2) is 11.7 Å². The Kier molecular flexibility index (Phi) is 5.78. The molecule has 29 heavy (non-hydrogen) atoms. The minimum absolute atomic E-state index is 0.0170. The number of amides is 1. The van der Waals surface area contributed by atoms with Gasteiger partial charge in [-0.05, 0) is 30.7 Å². The quantitative estimate of drug-likeness (QED) is 0.611. The molecule has 0 N–H and O–H groups in total.